The number of fused-ring (bicyclic) bond motifs is 4. The summed E-state index contributed by atoms with van der Waals surface area (Å²) in [5.74, 6) is 1.44. The fourth-order valence-electron chi connectivity index (χ4n) is 9.96. The molecule has 3 heterocycles. The van der Waals surface area contributed by atoms with Gasteiger partial charge in [0, 0.05) is 41.9 Å². The third-order valence-corrected chi connectivity index (χ3v) is 14.3. The first-order valence-corrected chi connectivity index (χ1v) is 20.9. The van der Waals surface area contributed by atoms with Gasteiger partial charge in [-0.25, -0.2) is 23.1 Å². The predicted molar refractivity (Wildman–Crippen MR) is 209 cm³/mol. The van der Waals surface area contributed by atoms with Crippen molar-refractivity contribution in [3.63, 3.8) is 0 Å². The molecule has 1 amide bonds. The van der Waals surface area contributed by atoms with Crippen molar-refractivity contribution in [2.75, 3.05) is 23.3 Å². The third kappa shape index (κ3) is 5.94. The second-order valence-corrected chi connectivity index (χ2v) is 19.7. The highest BCUT2D eigenvalue weighted by Crippen LogP contribution is 2.70. The maximum absolute atomic E-state index is 15.1. The molecule has 10 nitrogen and oxygen atoms in total. The molecule has 1 spiro atoms. The highest BCUT2D eigenvalue weighted by molar-refractivity contribution is 7.92. The van der Waals surface area contributed by atoms with E-state index in [1.807, 2.05) is 32.0 Å². The first kappa shape index (κ1) is 35.2. The monoisotopic (exact) mass is 746 g/mol. The minimum atomic E-state index is -4.17. The topological polar surface area (TPSA) is 118 Å². The lowest BCUT2D eigenvalue weighted by Gasteiger charge is -2.72. The molecule has 10 rings (SSSR count). The molecule has 5 fully saturated rings. The largest absolute Gasteiger partial charge is 0.475 e. The van der Waals surface area contributed by atoms with Crippen LogP contribution in [0.4, 0.5) is 11.8 Å². The molecule has 5 aliphatic carbocycles. The minimum Gasteiger partial charge on any atom is -0.475 e. The number of ether oxygens (including phenoxy) is 1. The van der Waals surface area contributed by atoms with Crippen molar-refractivity contribution in [3.05, 3.63) is 89.1 Å². The van der Waals surface area contributed by atoms with E-state index in [2.05, 4.69) is 70.5 Å². The molecule has 0 saturated heterocycles. The Kier molecular flexibility index (Phi) is 7.99. The van der Waals surface area contributed by atoms with E-state index < -0.39 is 15.6 Å². The zero-order valence-corrected chi connectivity index (χ0v) is 32.9. The number of nitrogens with one attached hydrogen (secondary N) is 1. The molecule has 1 aliphatic heterocycles. The Morgan fingerprint density at radius 2 is 1.63 bits per heavy atom. The second kappa shape index (κ2) is 12.2. The molecule has 4 aromatic rings. The molecular weight excluding hydrogens is 697 g/mol. The molecule has 2 aromatic carbocycles. The molecular formula is C43H50N6O4S. The Balaban J connectivity index is 1.13. The SMILES string of the molecule is Cc1cccc(C)c1-c1cc2nc(n1)NS(=O)(=O)c1cccc(c1)C(=O)N(C13CC(C1)C3c1cccc(N(C)C3CC4(CC4)C3)n1)C(CC(C)(C)C)CO2. The average Bonchev–Trinajstić information content (AvgIpc) is 3.88. The highest BCUT2D eigenvalue weighted by atomic mass is 32.2. The lowest BCUT2D eigenvalue weighted by molar-refractivity contribution is -0.172. The molecule has 6 aliphatic rings. The van der Waals surface area contributed by atoms with Crippen LogP contribution in [0.5, 0.6) is 5.88 Å². The van der Waals surface area contributed by atoms with Crippen LogP contribution in [0.2, 0.25) is 0 Å². The zero-order chi connectivity index (χ0) is 37.8. The number of rotatable bonds is 6. The number of pyridine rings is 1. The lowest BCUT2D eigenvalue weighted by Crippen LogP contribution is -2.77. The molecule has 6 bridgehead atoms. The Morgan fingerprint density at radius 3 is 2.30 bits per heavy atom. The Hall–Kier alpha value is -4.51. The van der Waals surface area contributed by atoms with Crippen LogP contribution in [0.1, 0.15) is 98.8 Å². The number of hydrogen-bond donors (Lipinski definition) is 1. The van der Waals surface area contributed by atoms with Crippen molar-refractivity contribution < 1.29 is 17.9 Å². The standard InChI is InChI=1S/C43H50N6O4S/c1-26-10-7-11-27(2)37(26)34-19-36-46-40(45-34)47-54(51,52)32-13-8-12-28(18-32)39(50)49(31(25-53-36)22-41(3,4)5)43-20-29(21-43)38(43)33-14-9-15-35(44-33)48(6)30-23-42(24-30)16-17-42/h7-15,18-19,29-31,38H,16-17,20-25H2,1-6H3,(H,45,46,47). The summed E-state index contributed by atoms with van der Waals surface area (Å²) in [4.78, 5) is 34.1. The number of aryl methyl sites for hydroxylation is 2. The van der Waals surface area contributed by atoms with Gasteiger partial charge in [0.25, 0.3) is 15.9 Å². The maximum atomic E-state index is 15.1. The number of carbonyl (C=O) groups is 1. The van der Waals surface area contributed by atoms with Gasteiger partial charge >= 0.3 is 0 Å². The fourth-order valence-corrected chi connectivity index (χ4v) is 11.0. The van der Waals surface area contributed by atoms with Gasteiger partial charge in [0.05, 0.1) is 22.2 Å². The molecule has 54 heavy (non-hydrogen) atoms. The van der Waals surface area contributed by atoms with Crippen LogP contribution in [-0.4, -0.2) is 65.5 Å². The van der Waals surface area contributed by atoms with Crippen molar-refractivity contribution in [2.45, 2.75) is 108 Å². The quantitative estimate of drug-likeness (QED) is 0.212. The van der Waals surface area contributed by atoms with Gasteiger partial charge in [0.1, 0.15) is 12.4 Å². The lowest BCUT2D eigenvalue weighted by atomic mass is 9.40. The fraction of sp³-hybridized carbons (Fsp3) is 0.488. The van der Waals surface area contributed by atoms with Gasteiger partial charge in [0.2, 0.25) is 11.8 Å². The molecule has 5 saturated carbocycles. The summed E-state index contributed by atoms with van der Waals surface area (Å²) in [6.45, 7) is 10.7. The van der Waals surface area contributed by atoms with Gasteiger partial charge in [-0.2, -0.15) is 4.98 Å². The molecule has 11 heteroatoms. The summed E-state index contributed by atoms with van der Waals surface area (Å²) in [5.41, 5.74) is 4.75. The molecule has 2 aromatic heterocycles. The normalized spacial score (nSPS) is 26.4. The van der Waals surface area contributed by atoms with Crippen LogP contribution in [0.3, 0.4) is 0 Å². The van der Waals surface area contributed by atoms with E-state index in [0.29, 0.717) is 35.1 Å². The summed E-state index contributed by atoms with van der Waals surface area (Å²) in [5, 5.41) is 0. The van der Waals surface area contributed by atoms with Gasteiger partial charge in [-0.3, -0.25) is 4.79 Å². The van der Waals surface area contributed by atoms with Crippen LogP contribution < -0.4 is 14.4 Å². The van der Waals surface area contributed by atoms with Crippen molar-refractivity contribution in [1.82, 2.24) is 19.9 Å². The molecule has 2 unspecified atom stereocenters. The smallest absolute Gasteiger partial charge is 0.264 e. The average molecular weight is 747 g/mol. The van der Waals surface area contributed by atoms with Crippen molar-refractivity contribution in [1.29, 1.82) is 0 Å². The third-order valence-electron chi connectivity index (χ3n) is 13.0. The summed E-state index contributed by atoms with van der Waals surface area (Å²) in [7, 11) is -2.00. The van der Waals surface area contributed by atoms with Gasteiger partial charge in [-0.05, 0) is 117 Å². The maximum Gasteiger partial charge on any atom is 0.264 e. The first-order chi connectivity index (χ1) is 25.6. The second-order valence-electron chi connectivity index (χ2n) is 18.1. The predicted octanol–water partition coefficient (Wildman–Crippen LogP) is 7.92. The van der Waals surface area contributed by atoms with Crippen LogP contribution in [0, 0.1) is 30.6 Å². The Morgan fingerprint density at radius 1 is 0.926 bits per heavy atom. The zero-order valence-electron chi connectivity index (χ0n) is 32.1. The molecule has 282 valence electrons. The summed E-state index contributed by atoms with van der Waals surface area (Å²) < 4.78 is 37.1. The molecule has 2 atom stereocenters. The summed E-state index contributed by atoms with van der Waals surface area (Å²) >= 11 is 0. The van der Waals surface area contributed by atoms with E-state index in [4.69, 9.17) is 9.72 Å². The van der Waals surface area contributed by atoms with E-state index in [1.54, 1.807) is 18.2 Å². The first-order valence-electron chi connectivity index (χ1n) is 19.4. The van der Waals surface area contributed by atoms with Gasteiger partial charge < -0.3 is 14.5 Å². The number of carbonyl (C=O) groups excluding carboxylic acids is 1. The van der Waals surface area contributed by atoms with Crippen molar-refractivity contribution >= 4 is 27.7 Å². The number of amides is 1. The van der Waals surface area contributed by atoms with E-state index in [-0.39, 0.29) is 46.6 Å². The highest BCUT2D eigenvalue weighted by Gasteiger charge is 2.71. The van der Waals surface area contributed by atoms with E-state index in [0.717, 1.165) is 41.0 Å². The van der Waals surface area contributed by atoms with E-state index in [1.165, 1.54) is 37.8 Å². The number of benzene rings is 2. The molecule has 0 radical (unpaired) electrons. The van der Waals surface area contributed by atoms with E-state index >= 15 is 4.79 Å². The number of nitrogens with zero attached hydrogens (tertiary/aromatic N) is 5. The number of sulfonamides is 1. The van der Waals surface area contributed by atoms with Crippen LogP contribution >= 0.6 is 0 Å². The number of aromatic nitrogens is 3. The van der Waals surface area contributed by atoms with Crippen LogP contribution in [-0.2, 0) is 10.0 Å². The number of hydrogen-bond acceptors (Lipinski definition) is 8. The van der Waals surface area contributed by atoms with Crippen LogP contribution in [0.15, 0.2) is 71.6 Å². The summed E-state index contributed by atoms with van der Waals surface area (Å²) in [6, 6.07) is 20.7. The van der Waals surface area contributed by atoms with Gasteiger partial charge in [-0.1, -0.05) is 51.1 Å². The van der Waals surface area contributed by atoms with Crippen molar-refractivity contribution in [3.8, 4) is 17.1 Å². The minimum absolute atomic E-state index is 0.0287. The van der Waals surface area contributed by atoms with E-state index in [9.17, 15) is 8.42 Å². The van der Waals surface area contributed by atoms with Gasteiger partial charge in [-0.15, -0.1) is 0 Å². The Bertz CT molecular complexity index is 2250. The van der Waals surface area contributed by atoms with Crippen LogP contribution in [0.25, 0.3) is 11.3 Å². The van der Waals surface area contributed by atoms with Gasteiger partial charge in [0.15, 0.2) is 0 Å². The summed E-state index contributed by atoms with van der Waals surface area (Å²) in [6.07, 6.45) is 7.60. The number of anilines is 2. The van der Waals surface area contributed by atoms with Crippen molar-refractivity contribution in [2.24, 2.45) is 16.7 Å². The Labute approximate surface area is 318 Å². The molecule has 1 N–H and O–H groups in total.